The number of hydrogen-bond acceptors (Lipinski definition) is 2. The van der Waals surface area contributed by atoms with Crippen LogP contribution in [0.3, 0.4) is 0 Å². The monoisotopic (exact) mass is 308 g/mol. The van der Waals surface area contributed by atoms with Crippen LogP contribution in [0.5, 0.6) is 0 Å². The normalized spacial score (nSPS) is 15.7. The number of rotatable bonds is 4. The van der Waals surface area contributed by atoms with E-state index in [2.05, 4.69) is 53.5 Å². The summed E-state index contributed by atoms with van der Waals surface area (Å²) in [6.07, 6.45) is 2.02. The molecule has 1 N–H and O–H groups in total. The fourth-order valence-corrected chi connectivity index (χ4v) is 3.08. The molecule has 0 unspecified atom stereocenters. The first-order chi connectivity index (χ1) is 11.2. The Hall–Kier alpha value is -2.13. The number of benzene rings is 2. The molecule has 3 heteroatoms. The van der Waals surface area contributed by atoms with E-state index in [1.54, 1.807) is 0 Å². The molecule has 1 amide bonds. The Labute approximate surface area is 138 Å². The minimum absolute atomic E-state index is 0.0635. The van der Waals surface area contributed by atoms with E-state index in [1.165, 1.54) is 16.7 Å². The van der Waals surface area contributed by atoms with Crippen LogP contribution in [-0.2, 0) is 24.2 Å². The van der Waals surface area contributed by atoms with Gasteiger partial charge in [-0.15, -0.1) is 0 Å². The SMILES string of the molecule is CCc1ccc(NC(=O)[C@H](C)N2CCc3ccccc3C2)cc1. The van der Waals surface area contributed by atoms with E-state index < -0.39 is 0 Å². The predicted molar refractivity (Wildman–Crippen MR) is 94.5 cm³/mol. The molecule has 1 atom stereocenters. The second-order valence-electron chi connectivity index (χ2n) is 6.20. The van der Waals surface area contributed by atoms with Crippen molar-refractivity contribution in [2.24, 2.45) is 0 Å². The number of anilines is 1. The first-order valence-corrected chi connectivity index (χ1v) is 8.38. The number of fused-ring (bicyclic) bond motifs is 1. The van der Waals surface area contributed by atoms with E-state index >= 15 is 0 Å². The summed E-state index contributed by atoms with van der Waals surface area (Å²) in [5.74, 6) is 0.0635. The van der Waals surface area contributed by atoms with Crippen LogP contribution in [0, 0.1) is 0 Å². The summed E-state index contributed by atoms with van der Waals surface area (Å²) in [5.41, 5.74) is 4.90. The van der Waals surface area contributed by atoms with Crippen molar-refractivity contribution >= 4 is 11.6 Å². The van der Waals surface area contributed by atoms with Crippen LogP contribution in [-0.4, -0.2) is 23.4 Å². The summed E-state index contributed by atoms with van der Waals surface area (Å²) in [6, 6.07) is 16.5. The molecule has 2 aromatic rings. The van der Waals surface area contributed by atoms with Crippen molar-refractivity contribution in [2.45, 2.75) is 39.3 Å². The van der Waals surface area contributed by atoms with Gasteiger partial charge in [-0.1, -0.05) is 43.3 Å². The largest absolute Gasteiger partial charge is 0.325 e. The summed E-state index contributed by atoms with van der Waals surface area (Å²) in [7, 11) is 0. The molecule has 3 nitrogen and oxygen atoms in total. The number of hydrogen-bond donors (Lipinski definition) is 1. The molecule has 0 spiro atoms. The smallest absolute Gasteiger partial charge is 0.241 e. The number of aryl methyl sites for hydroxylation is 1. The lowest BCUT2D eigenvalue weighted by atomic mass is 9.99. The zero-order valence-electron chi connectivity index (χ0n) is 13.9. The standard InChI is InChI=1S/C20H24N2O/c1-3-16-8-10-19(11-9-16)21-20(23)15(2)22-13-12-17-6-4-5-7-18(17)14-22/h4-11,15H,3,12-14H2,1-2H3,(H,21,23)/t15-/m0/s1. The lowest BCUT2D eigenvalue weighted by Crippen LogP contribution is -2.44. The van der Waals surface area contributed by atoms with Crippen LogP contribution in [0.1, 0.15) is 30.5 Å². The molecule has 23 heavy (non-hydrogen) atoms. The first kappa shape index (κ1) is 15.8. The van der Waals surface area contributed by atoms with Crippen molar-refractivity contribution in [3.63, 3.8) is 0 Å². The third-order valence-electron chi connectivity index (χ3n) is 4.72. The molecular formula is C20H24N2O. The first-order valence-electron chi connectivity index (χ1n) is 8.38. The van der Waals surface area contributed by atoms with Crippen molar-refractivity contribution in [3.05, 3.63) is 65.2 Å². The topological polar surface area (TPSA) is 32.3 Å². The molecule has 0 saturated carbocycles. The molecule has 0 radical (unpaired) electrons. The van der Waals surface area contributed by atoms with E-state index in [4.69, 9.17) is 0 Å². The highest BCUT2D eigenvalue weighted by Crippen LogP contribution is 2.21. The Balaban J connectivity index is 1.63. The average molecular weight is 308 g/mol. The molecule has 3 rings (SSSR count). The summed E-state index contributed by atoms with van der Waals surface area (Å²) < 4.78 is 0. The van der Waals surface area contributed by atoms with Gasteiger partial charge in [-0.25, -0.2) is 0 Å². The second-order valence-corrected chi connectivity index (χ2v) is 6.20. The van der Waals surface area contributed by atoms with Gasteiger partial charge in [-0.2, -0.15) is 0 Å². The van der Waals surface area contributed by atoms with Gasteiger partial charge >= 0.3 is 0 Å². The number of amides is 1. The maximum atomic E-state index is 12.5. The lowest BCUT2D eigenvalue weighted by Gasteiger charge is -2.32. The minimum Gasteiger partial charge on any atom is -0.325 e. The number of nitrogens with one attached hydrogen (secondary N) is 1. The van der Waals surface area contributed by atoms with Crippen LogP contribution in [0.25, 0.3) is 0 Å². The van der Waals surface area contributed by atoms with Gasteiger partial charge < -0.3 is 5.32 Å². The van der Waals surface area contributed by atoms with E-state index in [-0.39, 0.29) is 11.9 Å². The summed E-state index contributed by atoms with van der Waals surface area (Å²) in [6.45, 7) is 5.90. The molecule has 0 aliphatic carbocycles. The van der Waals surface area contributed by atoms with Gasteiger partial charge in [0.2, 0.25) is 5.91 Å². The molecular weight excluding hydrogens is 284 g/mol. The Kier molecular flexibility index (Phi) is 4.77. The molecule has 0 fully saturated rings. The Morgan fingerprint density at radius 1 is 1.13 bits per heavy atom. The van der Waals surface area contributed by atoms with Gasteiger partial charge in [0.1, 0.15) is 0 Å². The maximum absolute atomic E-state index is 12.5. The highest BCUT2D eigenvalue weighted by atomic mass is 16.2. The van der Waals surface area contributed by atoms with Gasteiger partial charge in [0.25, 0.3) is 0 Å². The van der Waals surface area contributed by atoms with E-state index in [0.29, 0.717) is 0 Å². The minimum atomic E-state index is -0.130. The van der Waals surface area contributed by atoms with Crippen molar-refractivity contribution in [1.82, 2.24) is 4.90 Å². The van der Waals surface area contributed by atoms with Crippen molar-refractivity contribution < 1.29 is 4.79 Å². The number of nitrogens with zero attached hydrogens (tertiary/aromatic N) is 1. The molecule has 0 bridgehead atoms. The lowest BCUT2D eigenvalue weighted by molar-refractivity contribution is -0.121. The van der Waals surface area contributed by atoms with E-state index in [0.717, 1.165) is 31.6 Å². The van der Waals surface area contributed by atoms with Gasteiger partial charge in [-0.3, -0.25) is 9.69 Å². The summed E-state index contributed by atoms with van der Waals surface area (Å²) >= 11 is 0. The Morgan fingerprint density at radius 2 is 1.83 bits per heavy atom. The predicted octanol–water partition coefficient (Wildman–Crippen LogP) is 3.63. The quantitative estimate of drug-likeness (QED) is 0.935. The van der Waals surface area contributed by atoms with Gasteiger partial charge in [0.15, 0.2) is 0 Å². The average Bonchev–Trinajstić information content (AvgIpc) is 2.61. The van der Waals surface area contributed by atoms with Gasteiger partial charge in [-0.05, 0) is 48.6 Å². The highest BCUT2D eigenvalue weighted by molar-refractivity contribution is 5.94. The van der Waals surface area contributed by atoms with Crippen LogP contribution in [0.15, 0.2) is 48.5 Å². The molecule has 0 saturated heterocycles. The maximum Gasteiger partial charge on any atom is 0.241 e. The van der Waals surface area contributed by atoms with E-state index in [9.17, 15) is 4.79 Å². The molecule has 120 valence electrons. The van der Waals surface area contributed by atoms with Crippen LogP contribution in [0.4, 0.5) is 5.69 Å². The van der Waals surface area contributed by atoms with Gasteiger partial charge in [0.05, 0.1) is 6.04 Å². The highest BCUT2D eigenvalue weighted by Gasteiger charge is 2.25. The van der Waals surface area contributed by atoms with Crippen molar-refractivity contribution in [3.8, 4) is 0 Å². The fourth-order valence-electron chi connectivity index (χ4n) is 3.08. The third-order valence-corrected chi connectivity index (χ3v) is 4.72. The Morgan fingerprint density at radius 3 is 2.52 bits per heavy atom. The fraction of sp³-hybridized carbons (Fsp3) is 0.350. The second kappa shape index (κ2) is 6.97. The number of carbonyl (C=O) groups is 1. The third kappa shape index (κ3) is 3.62. The summed E-state index contributed by atoms with van der Waals surface area (Å²) in [4.78, 5) is 14.8. The Bertz CT molecular complexity index is 678. The molecule has 1 heterocycles. The zero-order valence-corrected chi connectivity index (χ0v) is 13.9. The van der Waals surface area contributed by atoms with Crippen molar-refractivity contribution in [1.29, 1.82) is 0 Å². The van der Waals surface area contributed by atoms with Gasteiger partial charge in [0, 0.05) is 18.8 Å². The van der Waals surface area contributed by atoms with Crippen LogP contribution >= 0.6 is 0 Å². The molecule has 1 aliphatic rings. The van der Waals surface area contributed by atoms with Crippen molar-refractivity contribution in [2.75, 3.05) is 11.9 Å². The zero-order chi connectivity index (χ0) is 16.2. The van der Waals surface area contributed by atoms with E-state index in [1.807, 2.05) is 19.1 Å². The van der Waals surface area contributed by atoms with Crippen LogP contribution < -0.4 is 5.32 Å². The molecule has 0 aromatic heterocycles. The van der Waals surface area contributed by atoms with Crippen LogP contribution in [0.2, 0.25) is 0 Å². The number of carbonyl (C=O) groups excluding carboxylic acids is 1. The molecule has 1 aliphatic heterocycles. The molecule has 2 aromatic carbocycles. The summed E-state index contributed by atoms with van der Waals surface area (Å²) in [5, 5.41) is 3.03.